The molecule has 0 amide bonds. The van der Waals surface area contributed by atoms with Crippen LogP contribution in [0.1, 0.15) is 34.6 Å². The predicted octanol–water partition coefficient (Wildman–Crippen LogP) is 1.81. The van der Waals surface area contributed by atoms with Gasteiger partial charge >= 0.3 is 5.97 Å². The molecule has 1 aliphatic rings. The van der Waals surface area contributed by atoms with Crippen LogP contribution in [0.5, 0.6) is 0 Å². The van der Waals surface area contributed by atoms with E-state index >= 15 is 0 Å². The van der Waals surface area contributed by atoms with E-state index in [9.17, 15) is 4.79 Å². The highest BCUT2D eigenvalue weighted by atomic mass is 32.2. The van der Waals surface area contributed by atoms with Crippen molar-refractivity contribution in [3.05, 3.63) is 0 Å². The monoisotopic (exact) mass is 231 g/mol. The average molecular weight is 231 g/mol. The smallest absolute Gasteiger partial charge is 0.324 e. The van der Waals surface area contributed by atoms with Crippen molar-refractivity contribution in [1.29, 1.82) is 0 Å². The van der Waals surface area contributed by atoms with E-state index in [1.165, 1.54) is 0 Å². The molecule has 0 bridgehead atoms. The lowest BCUT2D eigenvalue weighted by atomic mass is 10.0. The van der Waals surface area contributed by atoms with Crippen LogP contribution in [0.15, 0.2) is 0 Å². The summed E-state index contributed by atoms with van der Waals surface area (Å²) in [6, 6.07) is 0.158. The highest BCUT2D eigenvalue weighted by molar-refractivity contribution is 8.01. The second-order valence-corrected chi connectivity index (χ2v) is 6.68. The number of esters is 1. The van der Waals surface area contributed by atoms with Crippen LogP contribution in [0.2, 0.25) is 0 Å². The molecule has 1 saturated heterocycles. The van der Waals surface area contributed by atoms with Gasteiger partial charge in [0, 0.05) is 18.3 Å². The minimum Gasteiger partial charge on any atom is -0.459 e. The van der Waals surface area contributed by atoms with Crippen LogP contribution in [0.25, 0.3) is 0 Å². The molecule has 0 aromatic rings. The van der Waals surface area contributed by atoms with E-state index in [-0.39, 0.29) is 12.0 Å². The highest BCUT2D eigenvalue weighted by Crippen LogP contribution is 2.34. The zero-order valence-corrected chi connectivity index (χ0v) is 11.0. The van der Waals surface area contributed by atoms with Crippen molar-refractivity contribution in [3.8, 4) is 0 Å². The summed E-state index contributed by atoms with van der Waals surface area (Å²) in [7, 11) is 0. The Bertz CT molecular complexity index is 249. The van der Waals surface area contributed by atoms with Gasteiger partial charge in [-0.1, -0.05) is 0 Å². The lowest BCUT2D eigenvalue weighted by molar-refractivity contribution is -0.158. The highest BCUT2D eigenvalue weighted by Gasteiger charge is 2.44. The molecule has 1 N–H and O–H groups in total. The Labute approximate surface area is 96.3 Å². The Morgan fingerprint density at radius 3 is 2.60 bits per heavy atom. The molecule has 15 heavy (non-hydrogen) atoms. The van der Waals surface area contributed by atoms with Gasteiger partial charge in [-0.25, -0.2) is 0 Å². The van der Waals surface area contributed by atoms with Gasteiger partial charge in [0.2, 0.25) is 0 Å². The number of thioether (sulfide) groups is 1. The molecule has 0 aliphatic carbocycles. The third-order valence-electron chi connectivity index (χ3n) is 2.58. The molecule has 1 heterocycles. The van der Waals surface area contributed by atoms with Gasteiger partial charge in [0.05, 0.1) is 0 Å². The minimum atomic E-state index is -0.453. The average Bonchev–Trinajstić information content (AvgIpc) is 2.07. The van der Waals surface area contributed by atoms with Gasteiger partial charge in [0.1, 0.15) is 10.3 Å². The fourth-order valence-corrected chi connectivity index (χ4v) is 2.61. The summed E-state index contributed by atoms with van der Waals surface area (Å²) in [6.45, 7) is 10.7. The first-order valence-electron chi connectivity index (χ1n) is 5.36. The number of carbonyl (C=O) groups is 1. The van der Waals surface area contributed by atoms with Crippen molar-refractivity contribution < 1.29 is 9.53 Å². The van der Waals surface area contributed by atoms with Crippen LogP contribution in [-0.4, -0.2) is 34.7 Å². The summed E-state index contributed by atoms with van der Waals surface area (Å²) in [5, 5.41) is 3.32. The Kier molecular flexibility index (Phi) is 3.71. The van der Waals surface area contributed by atoms with Crippen LogP contribution in [0, 0.1) is 0 Å². The maximum atomic E-state index is 12.1. The Morgan fingerprint density at radius 2 is 2.13 bits per heavy atom. The normalized spacial score (nSPS) is 32.5. The van der Waals surface area contributed by atoms with E-state index < -0.39 is 10.3 Å². The van der Waals surface area contributed by atoms with Gasteiger partial charge in [-0.05, 0) is 34.6 Å². The van der Waals surface area contributed by atoms with E-state index in [0.29, 0.717) is 0 Å². The summed E-state index contributed by atoms with van der Waals surface area (Å²) in [5.41, 5.74) is -0.405. The van der Waals surface area contributed by atoms with E-state index in [4.69, 9.17) is 4.74 Å². The maximum absolute atomic E-state index is 12.1. The molecule has 0 spiro atoms. The standard InChI is InChI=1S/C11H21NO2S/c1-8-11(5,15-7-6-12-8)9(13)14-10(2,3)4/h8,12H,6-7H2,1-5H3. The quantitative estimate of drug-likeness (QED) is 0.699. The molecule has 4 heteroatoms. The lowest BCUT2D eigenvalue weighted by Gasteiger charge is -2.39. The molecule has 2 atom stereocenters. The van der Waals surface area contributed by atoms with Crippen LogP contribution < -0.4 is 5.32 Å². The largest absolute Gasteiger partial charge is 0.459 e. The minimum absolute atomic E-state index is 0.111. The molecule has 2 unspecified atom stereocenters. The Balaban J connectivity index is 2.71. The fraction of sp³-hybridized carbons (Fsp3) is 0.909. The second kappa shape index (κ2) is 4.34. The van der Waals surface area contributed by atoms with Crippen molar-refractivity contribution in [2.45, 2.75) is 51.0 Å². The SMILES string of the molecule is CC1NCCSC1(C)C(=O)OC(C)(C)C. The lowest BCUT2D eigenvalue weighted by Crippen LogP contribution is -2.56. The number of ether oxygens (including phenoxy) is 1. The third kappa shape index (κ3) is 3.11. The van der Waals surface area contributed by atoms with Gasteiger partial charge in [0.25, 0.3) is 0 Å². The Hall–Kier alpha value is -0.220. The predicted molar refractivity (Wildman–Crippen MR) is 64.2 cm³/mol. The summed E-state index contributed by atoms with van der Waals surface area (Å²) in [5.74, 6) is 0.847. The molecule has 0 aromatic heterocycles. The molecule has 88 valence electrons. The zero-order chi connectivity index (χ0) is 11.7. The molecule has 1 fully saturated rings. The zero-order valence-electron chi connectivity index (χ0n) is 10.2. The molecule has 0 aromatic carbocycles. The molecule has 1 aliphatic heterocycles. The van der Waals surface area contributed by atoms with Gasteiger partial charge in [-0.2, -0.15) is 0 Å². The van der Waals surface area contributed by atoms with Crippen LogP contribution in [0.4, 0.5) is 0 Å². The van der Waals surface area contributed by atoms with Gasteiger partial charge < -0.3 is 10.1 Å². The molecular formula is C11H21NO2S. The fourth-order valence-electron chi connectivity index (χ4n) is 1.47. The molecule has 3 nitrogen and oxygen atoms in total. The third-order valence-corrected chi connectivity index (χ3v) is 4.11. The molecular weight excluding hydrogens is 210 g/mol. The van der Waals surface area contributed by atoms with Crippen molar-refractivity contribution in [2.75, 3.05) is 12.3 Å². The second-order valence-electron chi connectivity index (χ2n) is 5.13. The van der Waals surface area contributed by atoms with Gasteiger partial charge in [0.15, 0.2) is 0 Å². The van der Waals surface area contributed by atoms with E-state index in [1.54, 1.807) is 11.8 Å². The number of hydrogen-bond donors (Lipinski definition) is 1. The van der Waals surface area contributed by atoms with Gasteiger partial charge in [-0.3, -0.25) is 4.79 Å². The van der Waals surface area contributed by atoms with E-state index in [0.717, 1.165) is 12.3 Å². The van der Waals surface area contributed by atoms with E-state index in [2.05, 4.69) is 5.32 Å². The number of rotatable bonds is 1. The summed E-state index contributed by atoms with van der Waals surface area (Å²) >= 11 is 1.69. The van der Waals surface area contributed by atoms with Crippen molar-refractivity contribution >= 4 is 17.7 Å². The van der Waals surface area contributed by atoms with Crippen molar-refractivity contribution in [3.63, 3.8) is 0 Å². The number of carbonyl (C=O) groups excluding carboxylic acids is 1. The molecule has 0 saturated carbocycles. The summed E-state index contributed by atoms with van der Waals surface area (Å²) in [6.07, 6.45) is 0. The number of hydrogen-bond acceptors (Lipinski definition) is 4. The van der Waals surface area contributed by atoms with Crippen LogP contribution in [-0.2, 0) is 9.53 Å². The summed E-state index contributed by atoms with van der Waals surface area (Å²) < 4.78 is 5.00. The van der Waals surface area contributed by atoms with Crippen LogP contribution >= 0.6 is 11.8 Å². The number of nitrogens with one attached hydrogen (secondary N) is 1. The Morgan fingerprint density at radius 1 is 1.53 bits per heavy atom. The topological polar surface area (TPSA) is 38.3 Å². The molecule has 1 rings (SSSR count). The first-order valence-corrected chi connectivity index (χ1v) is 6.35. The van der Waals surface area contributed by atoms with Crippen molar-refractivity contribution in [2.24, 2.45) is 0 Å². The van der Waals surface area contributed by atoms with Crippen LogP contribution in [0.3, 0.4) is 0 Å². The maximum Gasteiger partial charge on any atom is 0.324 e. The van der Waals surface area contributed by atoms with Crippen molar-refractivity contribution in [1.82, 2.24) is 5.32 Å². The van der Waals surface area contributed by atoms with Gasteiger partial charge in [-0.15, -0.1) is 11.8 Å². The van der Waals surface area contributed by atoms with E-state index in [1.807, 2.05) is 34.6 Å². The molecule has 0 radical (unpaired) electrons. The summed E-state index contributed by atoms with van der Waals surface area (Å²) in [4.78, 5) is 12.1. The first-order chi connectivity index (χ1) is 6.76. The first kappa shape index (κ1) is 12.8.